The number of guanidine groups is 1. The van der Waals surface area contributed by atoms with Crippen LogP contribution in [0.3, 0.4) is 0 Å². The minimum atomic E-state index is -0.924. The number of hydrogen-bond acceptors (Lipinski definition) is 5. The topological polar surface area (TPSA) is 69.5 Å². The highest BCUT2D eigenvalue weighted by Crippen LogP contribution is 2.21. The summed E-state index contributed by atoms with van der Waals surface area (Å²) in [5.74, 6) is 0.689. The van der Waals surface area contributed by atoms with Gasteiger partial charge in [0.25, 0.3) is 0 Å². The fourth-order valence-corrected chi connectivity index (χ4v) is 3.53. The Balaban J connectivity index is 1.96. The Labute approximate surface area is 145 Å². The Morgan fingerprint density at radius 2 is 2.17 bits per heavy atom. The average molecular weight is 353 g/mol. The smallest absolute Gasteiger partial charge is 0.191 e. The molecular formula is C16H24N4OS2. The molecule has 2 heterocycles. The van der Waals surface area contributed by atoms with Crippen LogP contribution in [0.15, 0.2) is 27.2 Å². The lowest BCUT2D eigenvalue weighted by Crippen LogP contribution is -2.44. The first-order valence-corrected chi connectivity index (χ1v) is 9.58. The number of nitrogens with zero attached hydrogens (tertiary/aromatic N) is 2. The first-order valence-electron chi connectivity index (χ1n) is 7.75. The van der Waals surface area contributed by atoms with Crippen molar-refractivity contribution in [3.05, 3.63) is 38.5 Å². The Hall–Kier alpha value is -1.44. The second-order valence-electron chi connectivity index (χ2n) is 5.42. The largest absolute Gasteiger partial charge is 0.384 e. The van der Waals surface area contributed by atoms with Crippen molar-refractivity contribution in [3.8, 4) is 0 Å². The summed E-state index contributed by atoms with van der Waals surface area (Å²) in [6, 6.07) is 1.94. The molecule has 3 N–H and O–H groups in total. The Morgan fingerprint density at radius 1 is 1.35 bits per heavy atom. The lowest BCUT2D eigenvalue weighted by molar-refractivity contribution is 0.0621. The van der Waals surface area contributed by atoms with Crippen molar-refractivity contribution in [2.45, 2.75) is 39.3 Å². The second kappa shape index (κ2) is 8.42. The molecule has 2 aromatic rings. The minimum absolute atomic E-state index is 0.396. The van der Waals surface area contributed by atoms with Gasteiger partial charge in [-0.15, -0.1) is 11.3 Å². The zero-order valence-electron chi connectivity index (χ0n) is 13.8. The van der Waals surface area contributed by atoms with Crippen LogP contribution in [-0.4, -0.2) is 29.1 Å². The van der Waals surface area contributed by atoms with E-state index in [1.807, 2.05) is 29.1 Å². The van der Waals surface area contributed by atoms with Crippen LogP contribution in [0.25, 0.3) is 0 Å². The molecule has 0 spiro atoms. The monoisotopic (exact) mass is 352 g/mol. The van der Waals surface area contributed by atoms with Crippen LogP contribution in [0.2, 0.25) is 0 Å². The first kappa shape index (κ1) is 17.9. The third-order valence-corrected chi connectivity index (χ3v) is 5.11. The summed E-state index contributed by atoms with van der Waals surface area (Å²) >= 11 is 3.25. The zero-order chi connectivity index (χ0) is 16.7. The van der Waals surface area contributed by atoms with Crippen molar-refractivity contribution < 1.29 is 5.11 Å². The van der Waals surface area contributed by atoms with Gasteiger partial charge in [0, 0.05) is 11.9 Å². The summed E-state index contributed by atoms with van der Waals surface area (Å²) in [4.78, 5) is 9.06. The molecule has 0 aliphatic rings. The number of thiazole rings is 1. The summed E-state index contributed by atoms with van der Waals surface area (Å²) in [5, 5.41) is 24.1. The molecule has 2 rings (SSSR count). The molecule has 7 heteroatoms. The van der Waals surface area contributed by atoms with Crippen LogP contribution < -0.4 is 10.6 Å². The average Bonchev–Trinajstić information content (AvgIpc) is 3.21. The van der Waals surface area contributed by atoms with Crippen molar-refractivity contribution in [2.75, 3.05) is 13.1 Å². The van der Waals surface area contributed by atoms with Crippen LogP contribution in [0.5, 0.6) is 0 Å². The van der Waals surface area contributed by atoms with E-state index in [4.69, 9.17) is 0 Å². The number of aliphatic hydroxyl groups is 1. The third-order valence-electron chi connectivity index (χ3n) is 3.39. The lowest BCUT2D eigenvalue weighted by atomic mass is 9.99. The van der Waals surface area contributed by atoms with E-state index in [-0.39, 0.29) is 0 Å². The normalized spacial score (nSPS) is 14.5. The quantitative estimate of drug-likeness (QED) is 0.529. The van der Waals surface area contributed by atoms with Crippen molar-refractivity contribution in [1.82, 2.24) is 15.6 Å². The van der Waals surface area contributed by atoms with Gasteiger partial charge in [0.05, 0.1) is 23.8 Å². The van der Waals surface area contributed by atoms with Gasteiger partial charge in [0.15, 0.2) is 5.96 Å². The van der Waals surface area contributed by atoms with Gasteiger partial charge >= 0.3 is 0 Å². The first-order chi connectivity index (χ1) is 11.0. The lowest BCUT2D eigenvalue weighted by Gasteiger charge is -2.24. The number of rotatable bonds is 7. The van der Waals surface area contributed by atoms with Gasteiger partial charge < -0.3 is 15.7 Å². The Kier molecular flexibility index (Phi) is 6.56. The molecule has 0 radical (unpaired) electrons. The van der Waals surface area contributed by atoms with Crippen LogP contribution in [-0.2, 0) is 18.6 Å². The van der Waals surface area contributed by atoms with Gasteiger partial charge in [-0.2, -0.15) is 11.3 Å². The fourth-order valence-electron chi connectivity index (χ4n) is 2.01. The van der Waals surface area contributed by atoms with Gasteiger partial charge in [-0.3, -0.25) is 0 Å². The molecule has 0 saturated heterocycles. The summed E-state index contributed by atoms with van der Waals surface area (Å²) in [6.07, 6.45) is 0.955. The van der Waals surface area contributed by atoms with E-state index < -0.39 is 5.60 Å². The molecule has 2 aromatic heterocycles. The Bertz CT molecular complexity index is 620. The molecule has 0 fully saturated rings. The van der Waals surface area contributed by atoms with E-state index in [0.717, 1.165) is 29.2 Å². The summed E-state index contributed by atoms with van der Waals surface area (Å²) in [5.41, 5.74) is 0.971. The number of aromatic nitrogens is 1. The number of aliphatic imine (C=N–C) groups is 1. The molecule has 0 saturated carbocycles. The van der Waals surface area contributed by atoms with E-state index in [2.05, 4.69) is 27.5 Å². The molecular weight excluding hydrogens is 328 g/mol. The molecule has 0 amide bonds. The molecule has 0 aliphatic carbocycles. The highest BCUT2D eigenvalue weighted by Gasteiger charge is 2.23. The van der Waals surface area contributed by atoms with Crippen LogP contribution in [0.1, 0.15) is 37.0 Å². The Morgan fingerprint density at radius 3 is 2.78 bits per heavy atom. The van der Waals surface area contributed by atoms with Gasteiger partial charge in [-0.05, 0) is 42.7 Å². The van der Waals surface area contributed by atoms with Gasteiger partial charge in [-0.25, -0.2) is 9.98 Å². The van der Waals surface area contributed by atoms with E-state index in [1.54, 1.807) is 29.6 Å². The predicted octanol–water partition coefficient (Wildman–Crippen LogP) is 2.73. The fraction of sp³-hybridized carbons (Fsp3) is 0.500. The van der Waals surface area contributed by atoms with E-state index in [9.17, 15) is 5.11 Å². The highest BCUT2D eigenvalue weighted by atomic mass is 32.1. The van der Waals surface area contributed by atoms with Crippen molar-refractivity contribution >= 4 is 28.6 Å². The van der Waals surface area contributed by atoms with E-state index in [1.165, 1.54) is 0 Å². The van der Waals surface area contributed by atoms with Crippen LogP contribution >= 0.6 is 22.7 Å². The van der Waals surface area contributed by atoms with Crippen LogP contribution in [0.4, 0.5) is 0 Å². The molecule has 0 aliphatic heterocycles. The van der Waals surface area contributed by atoms with Crippen molar-refractivity contribution in [2.24, 2.45) is 4.99 Å². The summed E-state index contributed by atoms with van der Waals surface area (Å²) in [7, 11) is 0. The van der Waals surface area contributed by atoms with E-state index in [0.29, 0.717) is 19.0 Å². The second-order valence-corrected chi connectivity index (χ2v) is 7.14. The van der Waals surface area contributed by atoms with Gasteiger partial charge in [0.2, 0.25) is 0 Å². The molecule has 0 aromatic carbocycles. The van der Waals surface area contributed by atoms with Gasteiger partial charge in [-0.1, -0.05) is 6.92 Å². The highest BCUT2D eigenvalue weighted by molar-refractivity contribution is 7.09. The number of aryl methyl sites for hydroxylation is 1. The van der Waals surface area contributed by atoms with Gasteiger partial charge in [0.1, 0.15) is 5.60 Å². The summed E-state index contributed by atoms with van der Waals surface area (Å²) in [6.45, 7) is 7.62. The SMILES string of the molecule is CCNC(=NCc1csc(CC)n1)NCC(C)(O)c1ccsc1. The zero-order valence-corrected chi connectivity index (χ0v) is 15.4. The predicted molar refractivity (Wildman–Crippen MR) is 98.2 cm³/mol. The van der Waals surface area contributed by atoms with E-state index >= 15 is 0 Å². The number of nitrogens with one attached hydrogen (secondary N) is 2. The maximum Gasteiger partial charge on any atom is 0.191 e. The molecule has 0 bridgehead atoms. The maximum absolute atomic E-state index is 10.6. The summed E-state index contributed by atoms with van der Waals surface area (Å²) < 4.78 is 0. The molecule has 5 nitrogen and oxygen atoms in total. The molecule has 23 heavy (non-hydrogen) atoms. The molecule has 1 unspecified atom stereocenters. The molecule has 1 atom stereocenters. The van der Waals surface area contributed by atoms with Crippen molar-refractivity contribution in [1.29, 1.82) is 0 Å². The van der Waals surface area contributed by atoms with Crippen molar-refractivity contribution in [3.63, 3.8) is 0 Å². The number of thiophene rings is 1. The third kappa shape index (κ3) is 5.30. The molecule has 126 valence electrons. The minimum Gasteiger partial charge on any atom is -0.384 e. The number of hydrogen-bond donors (Lipinski definition) is 3. The standard InChI is InChI=1S/C16H24N4OS2/c1-4-14-20-13(10-23-14)8-18-15(17-5-2)19-11-16(3,21)12-6-7-22-9-12/h6-7,9-10,21H,4-5,8,11H2,1-3H3,(H2,17,18,19). The maximum atomic E-state index is 10.6. The van der Waals surface area contributed by atoms with Crippen LogP contribution in [0, 0.1) is 0 Å².